The van der Waals surface area contributed by atoms with Gasteiger partial charge in [-0.1, -0.05) is 30.3 Å². The Morgan fingerprint density at radius 1 is 1.14 bits per heavy atom. The lowest BCUT2D eigenvalue weighted by atomic mass is 9.90. The molecule has 0 spiro atoms. The van der Waals surface area contributed by atoms with E-state index in [1.165, 1.54) is 24.8 Å². The zero-order valence-corrected chi connectivity index (χ0v) is 12.7. The van der Waals surface area contributed by atoms with E-state index in [0.29, 0.717) is 18.9 Å². The average Bonchev–Trinajstić information content (AvgIpc) is 3.05. The second-order valence-electron chi connectivity index (χ2n) is 6.44. The number of hydrogen-bond acceptors (Lipinski definition) is 3. The molecule has 2 fully saturated rings. The number of Topliss-reactive ketones (excluding diaryl/α,β-unsaturated/α-hetero) is 1. The van der Waals surface area contributed by atoms with Crippen molar-refractivity contribution < 1.29 is 9.53 Å². The van der Waals surface area contributed by atoms with Crippen LogP contribution in [0.25, 0.3) is 0 Å². The van der Waals surface area contributed by atoms with Crippen LogP contribution in [0.15, 0.2) is 30.3 Å². The van der Waals surface area contributed by atoms with E-state index in [-0.39, 0.29) is 5.92 Å². The molecule has 0 amide bonds. The van der Waals surface area contributed by atoms with Crippen molar-refractivity contribution in [1.82, 2.24) is 4.90 Å². The van der Waals surface area contributed by atoms with E-state index in [1.54, 1.807) is 0 Å². The fourth-order valence-electron chi connectivity index (χ4n) is 3.43. The number of carbonyl (C=O) groups is 1. The van der Waals surface area contributed by atoms with E-state index in [0.717, 1.165) is 32.0 Å². The molecular formula is C18H25NO2. The molecule has 114 valence electrons. The van der Waals surface area contributed by atoms with Crippen LogP contribution in [0, 0.1) is 11.8 Å². The summed E-state index contributed by atoms with van der Waals surface area (Å²) in [6.07, 6.45) is 4.52. The van der Waals surface area contributed by atoms with Crippen molar-refractivity contribution in [3.05, 3.63) is 35.9 Å². The second kappa shape index (κ2) is 7.19. The summed E-state index contributed by atoms with van der Waals surface area (Å²) in [5.74, 6) is 1.31. The lowest BCUT2D eigenvalue weighted by Crippen LogP contribution is -2.39. The van der Waals surface area contributed by atoms with Crippen LogP contribution in [0.5, 0.6) is 0 Å². The van der Waals surface area contributed by atoms with E-state index in [4.69, 9.17) is 4.74 Å². The molecule has 2 aliphatic rings. The highest BCUT2D eigenvalue weighted by molar-refractivity contribution is 5.83. The van der Waals surface area contributed by atoms with E-state index in [2.05, 4.69) is 35.2 Å². The first-order valence-electron chi connectivity index (χ1n) is 8.18. The Bertz CT molecular complexity index is 446. The number of carbonyl (C=O) groups excluding carboxylic acids is 1. The molecule has 21 heavy (non-hydrogen) atoms. The van der Waals surface area contributed by atoms with Crippen LogP contribution in [-0.2, 0) is 16.0 Å². The summed E-state index contributed by atoms with van der Waals surface area (Å²) in [5.41, 5.74) is 1.44. The molecule has 3 nitrogen and oxygen atoms in total. The third kappa shape index (κ3) is 4.14. The van der Waals surface area contributed by atoms with Gasteiger partial charge in [-0.15, -0.1) is 0 Å². The minimum atomic E-state index is 0.159. The monoisotopic (exact) mass is 287 g/mol. The predicted molar refractivity (Wildman–Crippen MR) is 83.2 cm³/mol. The van der Waals surface area contributed by atoms with Gasteiger partial charge in [0, 0.05) is 12.5 Å². The third-order valence-electron chi connectivity index (χ3n) is 4.84. The highest BCUT2D eigenvalue weighted by atomic mass is 16.5. The van der Waals surface area contributed by atoms with Gasteiger partial charge in [0.2, 0.25) is 0 Å². The summed E-state index contributed by atoms with van der Waals surface area (Å²) >= 11 is 0. The molecule has 0 N–H and O–H groups in total. The van der Waals surface area contributed by atoms with Gasteiger partial charge in [0.25, 0.3) is 0 Å². The van der Waals surface area contributed by atoms with Gasteiger partial charge in [0.1, 0.15) is 0 Å². The molecule has 1 atom stereocenters. The van der Waals surface area contributed by atoms with E-state index in [1.807, 2.05) is 0 Å². The zero-order chi connectivity index (χ0) is 14.5. The summed E-state index contributed by atoms with van der Waals surface area (Å²) in [4.78, 5) is 14.5. The summed E-state index contributed by atoms with van der Waals surface area (Å²) < 4.78 is 5.31. The number of nitrogens with zero attached hydrogens (tertiary/aromatic N) is 1. The van der Waals surface area contributed by atoms with Crippen molar-refractivity contribution in [2.45, 2.75) is 25.7 Å². The van der Waals surface area contributed by atoms with Gasteiger partial charge >= 0.3 is 0 Å². The van der Waals surface area contributed by atoms with Crippen molar-refractivity contribution in [3.8, 4) is 0 Å². The molecule has 1 aromatic carbocycles. The Balaban J connectivity index is 1.41. The van der Waals surface area contributed by atoms with Crippen molar-refractivity contribution in [3.63, 3.8) is 0 Å². The molecule has 0 radical (unpaired) electrons. The molecule has 2 saturated heterocycles. The summed E-state index contributed by atoms with van der Waals surface area (Å²) in [6, 6.07) is 10.7. The fourth-order valence-corrected chi connectivity index (χ4v) is 3.43. The molecule has 1 unspecified atom stereocenters. The molecule has 2 heterocycles. The van der Waals surface area contributed by atoms with Crippen LogP contribution in [-0.4, -0.2) is 43.5 Å². The van der Waals surface area contributed by atoms with Gasteiger partial charge < -0.3 is 4.74 Å². The molecule has 0 saturated carbocycles. The molecule has 1 aromatic rings. The van der Waals surface area contributed by atoms with E-state index >= 15 is 0 Å². The Hall–Kier alpha value is -1.19. The molecule has 3 heteroatoms. The zero-order valence-electron chi connectivity index (χ0n) is 12.7. The molecule has 2 aliphatic heterocycles. The van der Waals surface area contributed by atoms with Crippen molar-refractivity contribution in [2.75, 3.05) is 32.8 Å². The highest BCUT2D eigenvalue weighted by Crippen LogP contribution is 2.22. The van der Waals surface area contributed by atoms with Crippen molar-refractivity contribution in [1.29, 1.82) is 0 Å². The Morgan fingerprint density at radius 3 is 2.57 bits per heavy atom. The van der Waals surface area contributed by atoms with Gasteiger partial charge in [0.15, 0.2) is 5.78 Å². The first-order valence-corrected chi connectivity index (χ1v) is 8.18. The van der Waals surface area contributed by atoms with Crippen LogP contribution in [0.4, 0.5) is 0 Å². The van der Waals surface area contributed by atoms with Crippen LogP contribution in [0.1, 0.15) is 24.8 Å². The van der Waals surface area contributed by atoms with Crippen LogP contribution < -0.4 is 0 Å². The first kappa shape index (κ1) is 14.7. The maximum absolute atomic E-state index is 12.2. The second-order valence-corrected chi connectivity index (χ2v) is 6.44. The smallest absolute Gasteiger partial charge is 0.152 e. The Morgan fingerprint density at radius 2 is 1.90 bits per heavy atom. The maximum Gasteiger partial charge on any atom is 0.152 e. The van der Waals surface area contributed by atoms with Gasteiger partial charge in [0.05, 0.1) is 13.2 Å². The fraction of sp³-hybridized carbons (Fsp3) is 0.611. The molecule has 0 bridgehead atoms. The number of ether oxygens (including phenoxy) is 1. The number of hydrogen-bond donors (Lipinski definition) is 0. The van der Waals surface area contributed by atoms with Crippen LogP contribution >= 0.6 is 0 Å². The molecule has 0 aromatic heterocycles. The number of likely N-dealkylation sites (tertiary alicyclic amines) is 1. The van der Waals surface area contributed by atoms with Crippen molar-refractivity contribution in [2.24, 2.45) is 11.8 Å². The number of rotatable bonds is 5. The van der Waals surface area contributed by atoms with Gasteiger partial charge in [-0.25, -0.2) is 0 Å². The third-order valence-corrected chi connectivity index (χ3v) is 4.84. The van der Waals surface area contributed by atoms with E-state index in [9.17, 15) is 4.79 Å². The van der Waals surface area contributed by atoms with Gasteiger partial charge in [-0.3, -0.25) is 9.69 Å². The maximum atomic E-state index is 12.2. The van der Waals surface area contributed by atoms with E-state index < -0.39 is 0 Å². The predicted octanol–water partition coefficient (Wildman–Crippen LogP) is 2.55. The highest BCUT2D eigenvalue weighted by Gasteiger charge is 2.27. The minimum absolute atomic E-state index is 0.159. The standard InChI is InChI=1S/C18H25NO2/c20-18(17-8-11-21-14-17)13-19-9-6-16(7-10-19)12-15-4-2-1-3-5-15/h1-5,16-17H,6-14H2. The molecular weight excluding hydrogens is 262 g/mol. The quantitative estimate of drug-likeness (QED) is 0.833. The van der Waals surface area contributed by atoms with Crippen molar-refractivity contribution >= 4 is 5.78 Å². The summed E-state index contributed by atoms with van der Waals surface area (Å²) in [5, 5.41) is 0. The topological polar surface area (TPSA) is 29.5 Å². The lowest BCUT2D eigenvalue weighted by Gasteiger charge is -2.32. The summed E-state index contributed by atoms with van der Waals surface area (Å²) in [6.45, 7) is 4.17. The molecule has 3 rings (SSSR count). The van der Waals surface area contributed by atoms with Gasteiger partial charge in [-0.05, 0) is 50.3 Å². The largest absolute Gasteiger partial charge is 0.381 e. The van der Waals surface area contributed by atoms with Crippen LogP contribution in [0.2, 0.25) is 0 Å². The van der Waals surface area contributed by atoms with Crippen LogP contribution in [0.3, 0.4) is 0 Å². The number of piperidine rings is 1. The number of benzene rings is 1. The Kier molecular flexibility index (Phi) is 5.04. The minimum Gasteiger partial charge on any atom is -0.381 e. The Labute approximate surface area is 127 Å². The normalized spacial score (nSPS) is 24.3. The SMILES string of the molecule is O=C(CN1CCC(Cc2ccccc2)CC1)C1CCOC1. The number of ketones is 1. The molecule has 0 aliphatic carbocycles. The van der Waals surface area contributed by atoms with Gasteiger partial charge in [-0.2, -0.15) is 0 Å². The first-order chi connectivity index (χ1) is 10.3. The summed E-state index contributed by atoms with van der Waals surface area (Å²) in [7, 11) is 0. The lowest BCUT2D eigenvalue weighted by molar-refractivity contribution is -0.124. The average molecular weight is 287 g/mol.